The Labute approximate surface area is 113 Å². The van der Waals surface area contributed by atoms with Crippen molar-refractivity contribution in [1.82, 2.24) is 4.98 Å². The summed E-state index contributed by atoms with van der Waals surface area (Å²) in [6.07, 6.45) is 0. The summed E-state index contributed by atoms with van der Waals surface area (Å²) in [5.74, 6) is 0.688. The molecule has 84 valence electrons. The van der Waals surface area contributed by atoms with E-state index in [1.807, 2.05) is 24.3 Å². The van der Waals surface area contributed by atoms with Gasteiger partial charge >= 0.3 is 0 Å². The molecule has 2 nitrogen and oxygen atoms in total. The molecule has 0 saturated heterocycles. The predicted octanol–water partition coefficient (Wildman–Crippen LogP) is 4.41. The van der Waals surface area contributed by atoms with Crippen LogP contribution in [-0.2, 0) is 0 Å². The van der Waals surface area contributed by atoms with Gasteiger partial charge in [0.05, 0.1) is 0 Å². The van der Waals surface area contributed by atoms with E-state index in [0.717, 1.165) is 16.7 Å². The van der Waals surface area contributed by atoms with Gasteiger partial charge in [0, 0.05) is 9.13 Å². The lowest BCUT2D eigenvalue weighted by Gasteiger charge is -1.99. The standard InChI is InChI=1S/C14H10INO/c1-9-6-10(8-11(15)7-9)14-16-12-4-2-3-5-13(12)17-14/h2-8H,1H3. The Kier molecular flexibility index (Phi) is 2.63. The highest BCUT2D eigenvalue weighted by atomic mass is 127. The molecule has 3 rings (SSSR count). The van der Waals surface area contributed by atoms with Crippen molar-refractivity contribution in [3.8, 4) is 11.5 Å². The molecule has 1 heterocycles. The molecule has 0 N–H and O–H groups in total. The number of rotatable bonds is 1. The molecule has 1 aromatic heterocycles. The molecule has 2 aromatic carbocycles. The fourth-order valence-corrected chi connectivity index (χ4v) is 2.68. The first-order valence-electron chi connectivity index (χ1n) is 5.35. The van der Waals surface area contributed by atoms with Crippen LogP contribution >= 0.6 is 22.6 Å². The van der Waals surface area contributed by atoms with Crippen LogP contribution in [0.5, 0.6) is 0 Å². The molecule has 17 heavy (non-hydrogen) atoms. The van der Waals surface area contributed by atoms with Crippen LogP contribution in [0.2, 0.25) is 0 Å². The van der Waals surface area contributed by atoms with E-state index in [4.69, 9.17) is 4.42 Å². The van der Waals surface area contributed by atoms with Gasteiger partial charge in [0.2, 0.25) is 5.89 Å². The second-order valence-corrected chi connectivity index (χ2v) is 5.25. The van der Waals surface area contributed by atoms with Gasteiger partial charge in [-0.3, -0.25) is 0 Å². The van der Waals surface area contributed by atoms with Crippen molar-refractivity contribution in [1.29, 1.82) is 0 Å². The van der Waals surface area contributed by atoms with E-state index in [1.54, 1.807) is 0 Å². The van der Waals surface area contributed by atoms with Crippen molar-refractivity contribution in [3.05, 3.63) is 51.6 Å². The lowest BCUT2D eigenvalue weighted by atomic mass is 10.1. The van der Waals surface area contributed by atoms with Crippen molar-refractivity contribution >= 4 is 33.7 Å². The summed E-state index contributed by atoms with van der Waals surface area (Å²) < 4.78 is 6.94. The molecular weight excluding hydrogens is 325 g/mol. The van der Waals surface area contributed by atoms with Gasteiger partial charge in [-0.25, -0.2) is 4.98 Å². The van der Waals surface area contributed by atoms with Crippen LogP contribution in [0, 0.1) is 10.5 Å². The summed E-state index contributed by atoms with van der Waals surface area (Å²) in [7, 11) is 0. The molecular formula is C14H10INO. The monoisotopic (exact) mass is 335 g/mol. The number of hydrogen-bond acceptors (Lipinski definition) is 2. The van der Waals surface area contributed by atoms with Crippen molar-refractivity contribution in [2.45, 2.75) is 6.92 Å². The molecule has 0 aliphatic rings. The fourth-order valence-electron chi connectivity index (χ4n) is 1.86. The van der Waals surface area contributed by atoms with Crippen LogP contribution in [0.1, 0.15) is 5.56 Å². The number of oxazole rings is 1. The quantitative estimate of drug-likeness (QED) is 0.616. The first kappa shape index (κ1) is 10.8. The number of aryl methyl sites for hydroxylation is 1. The second kappa shape index (κ2) is 4.14. The lowest BCUT2D eigenvalue weighted by Crippen LogP contribution is -1.82. The maximum absolute atomic E-state index is 5.75. The van der Waals surface area contributed by atoms with Crippen LogP contribution in [0.3, 0.4) is 0 Å². The van der Waals surface area contributed by atoms with Gasteiger partial charge in [-0.05, 0) is 65.4 Å². The van der Waals surface area contributed by atoms with Crippen molar-refractivity contribution < 1.29 is 4.42 Å². The average Bonchev–Trinajstić information content (AvgIpc) is 2.71. The number of para-hydroxylation sites is 2. The van der Waals surface area contributed by atoms with Crippen molar-refractivity contribution in [3.63, 3.8) is 0 Å². The highest BCUT2D eigenvalue weighted by Gasteiger charge is 2.08. The maximum atomic E-state index is 5.75. The van der Waals surface area contributed by atoms with E-state index >= 15 is 0 Å². The first-order chi connectivity index (χ1) is 8.22. The summed E-state index contributed by atoms with van der Waals surface area (Å²) in [6.45, 7) is 2.08. The van der Waals surface area contributed by atoms with Gasteiger partial charge in [0.15, 0.2) is 5.58 Å². The van der Waals surface area contributed by atoms with Crippen LogP contribution in [0.4, 0.5) is 0 Å². The molecule has 0 aliphatic heterocycles. The van der Waals surface area contributed by atoms with E-state index in [9.17, 15) is 0 Å². The minimum Gasteiger partial charge on any atom is -0.436 e. The Bertz CT molecular complexity index is 634. The number of halogens is 1. The molecule has 0 atom stereocenters. The zero-order chi connectivity index (χ0) is 11.8. The molecule has 0 spiro atoms. The fraction of sp³-hybridized carbons (Fsp3) is 0.0714. The van der Waals surface area contributed by atoms with E-state index in [0.29, 0.717) is 5.89 Å². The van der Waals surface area contributed by atoms with Crippen molar-refractivity contribution in [2.24, 2.45) is 0 Å². The topological polar surface area (TPSA) is 26.0 Å². The van der Waals surface area contributed by atoms with Gasteiger partial charge < -0.3 is 4.42 Å². The minimum atomic E-state index is 0.688. The number of hydrogen-bond donors (Lipinski definition) is 0. The van der Waals surface area contributed by atoms with Gasteiger partial charge in [-0.2, -0.15) is 0 Å². The first-order valence-corrected chi connectivity index (χ1v) is 6.43. The third kappa shape index (κ3) is 2.07. The normalized spacial score (nSPS) is 10.9. The Balaban J connectivity index is 2.20. The minimum absolute atomic E-state index is 0.688. The van der Waals surface area contributed by atoms with E-state index < -0.39 is 0 Å². The Morgan fingerprint density at radius 3 is 2.71 bits per heavy atom. The summed E-state index contributed by atoms with van der Waals surface area (Å²) in [6, 6.07) is 14.1. The molecule has 0 saturated carbocycles. The largest absolute Gasteiger partial charge is 0.436 e. The van der Waals surface area contributed by atoms with E-state index in [1.165, 1.54) is 9.13 Å². The molecule has 3 aromatic rings. The number of benzene rings is 2. The Morgan fingerprint density at radius 1 is 1.12 bits per heavy atom. The van der Waals surface area contributed by atoms with Crippen LogP contribution in [0.15, 0.2) is 46.9 Å². The van der Waals surface area contributed by atoms with Crippen LogP contribution in [0.25, 0.3) is 22.6 Å². The second-order valence-electron chi connectivity index (χ2n) is 4.00. The zero-order valence-electron chi connectivity index (χ0n) is 9.27. The lowest BCUT2D eigenvalue weighted by molar-refractivity contribution is 0.619. The molecule has 0 radical (unpaired) electrons. The van der Waals surface area contributed by atoms with Gasteiger partial charge in [-0.15, -0.1) is 0 Å². The molecule has 0 unspecified atom stereocenters. The molecule has 0 amide bonds. The highest BCUT2D eigenvalue weighted by Crippen LogP contribution is 2.26. The van der Waals surface area contributed by atoms with Crippen LogP contribution in [-0.4, -0.2) is 4.98 Å². The summed E-state index contributed by atoms with van der Waals surface area (Å²) in [4.78, 5) is 4.50. The molecule has 0 fully saturated rings. The summed E-state index contributed by atoms with van der Waals surface area (Å²) in [5.41, 5.74) is 3.98. The predicted molar refractivity (Wildman–Crippen MR) is 76.9 cm³/mol. The van der Waals surface area contributed by atoms with Gasteiger partial charge in [0.25, 0.3) is 0 Å². The number of aromatic nitrogens is 1. The third-order valence-corrected chi connectivity index (χ3v) is 3.21. The SMILES string of the molecule is Cc1cc(I)cc(-c2nc3ccccc3o2)c1. The molecule has 0 bridgehead atoms. The zero-order valence-corrected chi connectivity index (χ0v) is 11.4. The number of nitrogens with zero attached hydrogens (tertiary/aromatic N) is 1. The smallest absolute Gasteiger partial charge is 0.227 e. The van der Waals surface area contributed by atoms with Gasteiger partial charge in [-0.1, -0.05) is 12.1 Å². The van der Waals surface area contributed by atoms with Gasteiger partial charge in [0.1, 0.15) is 5.52 Å². The number of fused-ring (bicyclic) bond motifs is 1. The Morgan fingerprint density at radius 2 is 1.94 bits per heavy atom. The van der Waals surface area contributed by atoms with Crippen LogP contribution < -0.4 is 0 Å². The third-order valence-electron chi connectivity index (χ3n) is 2.58. The molecule has 0 aliphatic carbocycles. The summed E-state index contributed by atoms with van der Waals surface area (Å²) in [5, 5.41) is 0. The Hall–Kier alpha value is -1.36. The van der Waals surface area contributed by atoms with E-state index in [-0.39, 0.29) is 0 Å². The van der Waals surface area contributed by atoms with Crippen molar-refractivity contribution in [2.75, 3.05) is 0 Å². The summed E-state index contributed by atoms with van der Waals surface area (Å²) >= 11 is 2.31. The highest BCUT2D eigenvalue weighted by molar-refractivity contribution is 14.1. The average molecular weight is 335 g/mol. The molecule has 3 heteroatoms. The van der Waals surface area contributed by atoms with E-state index in [2.05, 4.69) is 52.7 Å². The maximum Gasteiger partial charge on any atom is 0.227 e.